The van der Waals surface area contributed by atoms with E-state index in [-0.39, 0.29) is 5.91 Å². The van der Waals surface area contributed by atoms with Crippen LogP contribution in [0.1, 0.15) is 20.1 Å². The second-order valence-corrected chi connectivity index (χ2v) is 5.74. The van der Waals surface area contributed by atoms with E-state index in [0.29, 0.717) is 11.4 Å². The SMILES string of the molecule is CN(Cc1cc(C=CC(=O)O)cs1)C(=O)c1cnns1. The molecule has 2 aromatic heterocycles. The first-order valence-corrected chi connectivity index (χ1v) is 7.23. The molecule has 0 unspecified atom stereocenters. The van der Waals surface area contributed by atoms with E-state index in [1.807, 2.05) is 11.4 Å². The number of carboxylic acids is 1. The third kappa shape index (κ3) is 3.72. The van der Waals surface area contributed by atoms with E-state index in [1.54, 1.807) is 11.9 Å². The Morgan fingerprint density at radius 2 is 2.30 bits per heavy atom. The van der Waals surface area contributed by atoms with Gasteiger partial charge in [-0.1, -0.05) is 4.49 Å². The van der Waals surface area contributed by atoms with E-state index < -0.39 is 5.97 Å². The van der Waals surface area contributed by atoms with E-state index in [4.69, 9.17) is 5.11 Å². The summed E-state index contributed by atoms with van der Waals surface area (Å²) in [4.78, 5) is 25.5. The quantitative estimate of drug-likeness (QED) is 0.854. The number of aliphatic carboxylic acids is 1. The van der Waals surface area contributed by atoms with Gasteiger partial charge >= 0.3 is 5.97 Å². The maximum Gasteiger partial charge on any atom is 0.328 e. The molecule has 1 N–H and O–H groups in total. The zero-order valence-corrected chi connectivity index (χ0v) is 12.1. The topological polar surface area (TPSA) is 83.4 Å². The molecule has 20 heavy (non-hydrogen) atoms. The van der Waals surface area contributed by atoms with Crippen LogP contribution >= 0.6 is 22.9 Å². The van der Waals surface area contributed by atoms with Crippen molar-refractivity contribution in [3.05, 3.63) is 39.0 Å². The Morgan fingerprint density at radius 3 is 2.95 bits per heavy atom. The standard InChI is InChI=1S/C12H11N3O3S2/c1-15(12(18)10-5-13-14-20-10)6-9-4-8(7-19-9)2-3-11(16)17/h2-5,7H,6H2,1H3,(H,16,17). The lowest BCUT2D eigenvalue weighted by atomic mass is 10.3. The third-order valence-corrected chi connectivity index (χ3v) is 4.00. The molecule has 0 aromatic carbocycles. The number of carbonyl (C=O) groups excluding carboxylic acids is 1. The van der Waals surface area contributed by atoms with Gasteiger partial charge in [-0.2, -0.15) is 0 Å². The van der Waals surface area contributed by atoms with Crippen molar-refractivity contribution in [1.29, 1.82) is 0 Å². The Morgan fingerprint density at radius 1 is 1.50 bits per heavy atom. The van der Waals surface area contributed by atoms with E-state index in [0.717, 1.165) is 28.0 Å². The summed E-state index contributed by atoms with van der Waals surface area (Å²) in [5.41, 5.74) is 0.813. The summed E-state index contributed by atoms with van der Waals surface area (Å²) in [6.45, 7) is 0.461. The van der Waals surface area contributed by atoms with Crippen LogP contribution in [0.15, 0.2) is 23.7 Å². The highest BCUT2D eigenvalue weighted by Crippen LogP contribution is 2.18. The van der Waals surface area contributed by atoms with Crippen molar-refractivity contribution in [3.63, 3.8) is 0 Å². The van der Waals surface area contributed by atoms with Gasteiger partial charge in [0.1, 0.15) is 4.88 Å². The first-order valence-electron chi connectivity index (χ1n) is 5.57. The maximum atomic E-state index is 12.0. The summed E-state index contributed by atoms with van der Waals surface area (Å²) in [7, 11) is 1.70. The molecule has 0 saturated heterocycles. The minimum atomic E-state index is -0.984. The van der Waals surface area contributed by atoms with Crippen molar-refractivity contribution in [3.8, 4) is 0 Å². The zero-order valence-electron chi connectivity index (χ0n) is 10.5. The number of amides is 1. The van der Waals surface area contributed by atoms with E-state index in [1.165, 1.54) is 23.6 Å². The average molecular weight is 309 g/mol. The lowest BCUT2D eigenvalue weighted by molar-refractivity contribution is -0.131. The van der Waals surface area contributed by atoms with E-state index in [9.17, 15) is 9.59 Å². The van der Waals surface area contributed by atoms with Crippen LogP contribution in [0.4, 0.5) is 0 Å². The van der Waals surface area contributed by atoms with Crippen molar-refractivity contribution in [2.75, 3.05) is 7.05 Å². The van der Waals surface area contributed by atoms with Gasteiger partial charge < -0.3 is 10.0 Å². The van der Waals surface area contributed by atoms with E-state index >= 15 is 0 Å². The highest BCUT2D eigenvalue weighted by molar-refractivity contribution is 7.10. The van der Waals surface area contributed by atoms with Gasteiger partial charge in [0.05, 0.1) is 12.7 Å². The van der Waals surface area contributed by atoms with Gasteiger partial charge in [-0.25, -0.2) is 4.79 Å². The molecule has 104 valence electrons. The second kappa shape index (κ2) is 6.40. The predicted molar refractivity (Wildman–Crippen MR) is 76.7 cm³/mol. The molecule has 0 aliphatic heterocycles. The van der Waals surface area contributed by atoms with Crippen molar-refractivity contribution in [2.24, 2.45) is 0 Å². The second-order valence-electron chi connectivity index (χ2n) is 3.96. The normalized spacial score (nSPS) is 10.8. The fraction of sp³-hybridized carbons (Fsp3) is 0.167. The minimum absolute atomic E-state index is 0.129. The fourth-order valence-electron chi connectivity index (χ4n) is 1.49. The summed E-state index contributed by atoms with van der Waals surface area (Å²) in [6.07, 6.45) is 4.06. The van der Waals surface area contributed by atoms with Crippen LogP contribution in [-0.2, 0) is 11.3 Å². The highest BCUT2D eigenvalue weighted by Gasteiger charge is 2.14. The molecule has 0 atom stereocenters. The number of thiophene rings is 1. The largest absolute Gasteiger partial charge is 0.478 e. The summed E-state index contributed by atoms with van der Waals surface area (Å²) >= 11 is 2.54. The Labute approximate surface area is 123 Å². The van der Waals surface area contributed by atoms with Gasteiger partial charge in [-0.15, -0.1) is 16.4 Å². The van der Waals surface area contributed by atoms with Gasteiger partial charge in [-0.05, 0) is 34.6 Å². The van der Waals surface area contributed by atoms with Crippen LogP contribution in [0.2, 0.25) is 0 Å². The molecular weight excluding hydrogens is 298 g/mol. The first-order chi connectivity index (χ1) is 9.56. The molecule has 6 nitrogen and oxygen atoms in total. The van der Waals surface area contributed by atoms with Crippen molar-refractivity contribution in [2.45, 2.75) is 6.54 Å². The van der Waals surface area contributed by atoms with Gasteiger partial charge in [0.25, 0.3) is 5.91 Å². The molecule has 8 heteroatoms. The summed E-state index contributed by atoms with van der Waals surface area (Å²) in [5, 5.41) is 14.0. The maximum absolute atomic E-state index is 12.0. The Hall–Kier alpha value is -2.06. The highest BCUT2D eigenvalue weighted by atomic mass is 32.1. The molecule has 0 saturated carbocycles. The van der Waals surface area contributed by atoms with Crippen molar-refractivity contribution < 1.29 is 14.7 Å². The number of hydrogen-bond donors (Lipinski definition) is 1. The zero-order chi connectivity index (χ0) is 14.5. The summed E-state index contributed by atoms with van der Waals surface area (Å²) < 4.78 is 3.66. The summed E-state index contributed by atoms with van der Waals surface area (Å²) in [5.74, 6) is -1.11. The van der Waals surface area contributed by atoms with Crippen LogP contribution in [0.5, 0.6) is 0 Å². The molecule has 0 spiro atoms. The molecular formula is C12H11N3O3S2. The molecule has 2 rings (SSSR count). The number of aromatic nitrogens is 2. The smallest absolute Gasteiger partial charge is 0.328 e. The van der Waals surface area contributed by atoms with Gasteiger partial charge in [0.2, 0.25) is 0 Å². The molecule has 2 aromatic rings. The Bertz CT molecular complexity index is 634. The molecule has 2 heterocycles. The number of nitrogens with zero attached hydrogens (tertiary/aromatic N) is 3. The Balaban J connectivity index is 2.00. The van der Waals surface area contributed by atoms with Gasteiger partial charge in [-0.3, -0.25) is 4.79 Å². The van der Waals surface area contributed by atoms with Gasteiger partial charge in [0.15, 0.2) is 0 Å². The molecule has 0 bridgehead atoms. The lowest BCUT2D eigenvalue weighted by Gasteiger charge is -2.14. The van der Waals surface area contributed by atoms with Crippen LogP contribution in [0.25, 0.3) is 6.08 Å². The van der Waals surface area contributed by atoms with Crippen LogP contribution < -0.4 is 0 Å². The number of hydrogen-bond acceptors (Lipinski definition) is 6. The van der Waals surface area contributed by atoms with Crippen molar-refractivity contribution >= 4 is 40.8 Å². The molecule has 0 aliphatic rings. The van der Waals surface area contributed by atoms with Gasteiger partial charge in [0, 0.05) is 18.0 Å². The number of rotatable bonds is 5. The van der Waals surface area contributed by atoms with E-state index in [2.05, 4.69) is 9.59 Å². The fourth-order valence-corrected chi connectivity index (χ4v) is 2.91. The summed E-state index contributed by atoms with van der Waals surface area (Å²) in [6, 6.07) is 1.86. The first kappa shape index (κ1) is 14.4. The predicted octanol–water partition coefficient (Wildman–Crippen LogP) is 1.97. The van der Waals surface area contributed by atoms with Crippen LogP contribution in [-0.4, -0.2) is 38.5 Å². The molecule has 0 radical (unpaired) electrons. The van der Waals surface area contributed by atoms with Crippen LogP contribution in [0.3, 0.4) is 0 Å². The molecule has 0 aliphatic carbocycles. The van der Waals surface area contributed by atoms with Crippen LogP contribution in [0, 0.1) is 0 Å². The monoisotopic (exact) mass is 309 g/mol. The molecule has 1 amide bonds. The number of carbonyl (C=O) groups is 2. The minimum Gasteiger partial charge on any atom is -0.478 e. The number of carboxylic acid groups (broad SMARTS) is 1. The lowest BCUT2D eigenvalue weighted by Crippen LogP contribution is -2.24. The van der Waals surface area contributed by atoms with Crippen molar-refractivity contribution in [1.82, 2.24) is 14.5 Å². The third-order valence-electron chi connectivity index (χ3n) is 2.40. The average Bonchev–Trinajstić information content (AvgIpc) is 3.06. The Kier molecular flexibility index (Phi) is 4.59. The molecule has 0 fully saturated rings.